The van der Waals surface area contributed by atoms with E-state index < -0.39 is 5.92 Å². The molecule has 1 aliphatic rings. The van der Waals surface area contributed by atoms with Crippen LogP contribution >= 0.6 is 15.9 Å². The molecule has 0 amide bonds. The maximum atomic E-state index is 13.2. The van der Waals surface area contributed by atoms with Gasteiger partial charge in [0.25, 0.3) is 0 Å². The van der Waals surface area contributed by atoms with Crippen LogP contribution in [-0.4, -0.2) is 12.5 Å². The van der Waals surface area contributed by atoms with Crippen molar-refractivity contribution in [1.82, 2.24) is 5.32 Å². The fraction of sp³-hybridized carbons (Fsp3) is 0.571. The van der Waals surface area contributed by atoms with Crippen molar-refractivity contribution in [2.45, 2.75) is 38.2 Å². The fourth-order valence-electron chi connectivity index (χ4n) is 2.52. The summed E-state index contributed by atoms with van der Waals surface area (Å²) in [4.78, 5) is 0. The van der Waals surface area contributed by atoms with Crippen molar-refractivity contribution in [2.24, 2.45) is 5.92 Å². The molecular weight excluding hydrogens is 300 g/mol. The Balaban J connectivity index is 1.75. The van der Waals surface area contributed by atoms with Gasteiger partial charge >= 0.3 is 0 Å². The van der Waals surface area contributed by atoms with E-state index in [9.17, 15) is 8.78 Å². The molecule has 1 atom stereocenters. The molecular formula is C14H18BrF2N. The van der Waals surface area contributed by atoms with Crippen LogP contribution in [-0.2, 0) is 6.54 Å². The van der Waals surface area contributed by atoms with Crippen molar-refractivity contribution in [2.75, 3.05) is 6.54 Å². The summed E-state index contributed by atoms with van der Waals surface area (Å²) in [6, 6.07) is 8.04. The summed E-state index contributed by atoms with van der Waals surface area (Å²) < 4.78 is 27.5. The van der Waals surface area contributed by atoms with Crippen LogP contribution in [0.4, 0.5) is 8.78 Å². The van der Waals surface area contributed by atoms with Gasteiger partial charge < -0.3 is 5.32 Å². The van der Waals surface area contributed by atoms with Gasteiger partial charge in [-0.3, -0.25) is 0 Å². The lowest BCUT2D eigenvalue weighted by atomic mass is 9.86. The molecule has 0 spiro atoms. The molecule has 0 saturated heterocycles. The first-order valence-electron chi connectivity index (χ1n) is 6.38. The SMILES string of the molecule is FC1(F)CCCC(CNCc2cccc(Br)c2)C1. The maximum Gasteiger partial charge on any atom is 0.248 e. The summed E-state index contributed by atoms with van der Waals surface area (Å²) in [5.41, 5.74) is 1.17. The Labute approximate surface area is 115 Å². The van der Waals surface area contributed by atoms with Crippen LogP contribution in [0, 0.1) is 5.92 Å². The van der Waals surface area contributed by atoms with Gasteiger partial charge in [0.15, 0.2) is 0 Å². The fourth-order valence-corrected chi connectivity index (χ4v) is 2.96. The van der Waals surface area contributed by atoms with Crippen molar-refractivity contribution in [3.63, 3.8) is 0 Å². The van der Waals surface area contributed by atoms with Gasteiger partial charge in [-0.05, 0) is 43.0 Å². The van der Waals surface area contributed by atoms with Gasteiger partial charge in [0.2, 0.25) is 5.92 Å². The number of alkyl halides is 2. The minimum Gasteiger partial charge on any atom is -0.312 e. The third-order valence-electron chi connectivity index (χ3n) is 3.39. The Morgan fingerprint density at radius 1 is 1.39 bits per heavy atom. The zero-order chi connectivity index (χ0) is 13.0. The molecule has 0 bridgehead atoms. The molecule has 1 aliphatic carbocycles. The largest absolute Gasteiger partial charge is 0.312 e. The van der Waals surface area contributed by atoms with E-state index in [2.05, 4.69) is 21.2 Å². The Morgan fingerprint density at radius 3 is 2.94 bits per heavy atom. The van der Waals surface area contributed by atoms with Crippen LogP contribution in [0.1, 0.15) is 31.2 Å². The summed E-state index contributed by atoms with van der Waals surface area (Å²) in [7, 11) is 0. The number of benzene rings is 1. The molecule has 1 aromatic carbocycles. The van der Waals surface area contributed by atoms with Crippen molar-refractivity contribution in [1.29, 1.82) is 0 Å². The quantitative estimate of drug-likeness (QED) is 0.869. The molecule has 0 aliphatic heterocycles. The predicted molar refractivity (Wildman–Crippen MR) is 72.8 cm³/mol. The lowest BCUT2D eigenvalue weighted by Gasteiger charge is -2.29. The van der Waals surface area contributed by atoms with Gasteiger partial charge in [-0.25, -0.2) is 8.78 Å². The first kappa shape index (κ1) is 13.9. The average Bonchev–Trinajstić information content (AvgIpc) is 2.28. The van der Waals surface area contributed by atoms with E-state index in [0.717, 1.165) is 17.4 Å². The van der Waals surface area contributed by atoms with Crippen molar-refractivity contribution in [3.8, 4) is 0 Å². The van der Waals surface area contributed by atoms with Gasteiger partial charge in [0.1, 0.15) is 0 Å². The lowest BCUT2D eigenvalue weighted by Crippen LogP contribution is -2.32. The van der Waals surface area contributed by atoms with Gasteiger partial charge in [0, 0.05) is 23.9 Å². The zero-order valence-electron chi connectivity index (χ0n) is 10.3. The summed E-state index contributed by atoms with van der Waals surface area (Å²) in [5, 5.41) is 3.28. The van der Waals surface area contributed by atoms with Crippen LogP contribution < -0.4 is 5.32 Å². The molecule has 1 unspecified atom stereocenters. The van der Waals surface area contributed by atoms with Gasteiger partial charge in [0.05, 0.1) is 0 Å². The van der Waals surface area contributed by atoms with Crippen LogP contribution in [0.25, 0.3) is 0 Å². The molecule has 2 rings (SSSR count). The highest BCUT2D eigenvalue weighted by Gasteiger charge is 2.35. The van der Waals surface area contributed by atoms with E-state index in [1.165, 1.54) is 5.56 Å². The Bertz CT molecular complexity index is 395. The molecule has 0 radical (unpaired) electrons. The number of rotatable bonds is 4. The molecule has 1 saturated carbocycles. The predicted octanol–water partition coefficient (Wildman–Crippen LogP) is 4.36. The summed E-state index contributed by atoms with van der Waals surface area (Å²) in [6.07, 6.45) is 1.67. The maximum absolute atomic E-state index is 13.2. The monoisotopic (exact) mass is 317 g/mol. The molecule has 18 heavy (non-hydrogen) atoms. The van der Waals surface area contributed by atoms with Gasteiger partial charge in [-0.15, -0.1) is 0 Å². The molecule has 1 N–H and O–H groups in total. The van der Waals surface area contributed by atoms with Crippen LogP contribution in [0.5, 0.6) is 0 Å². The van der Waals surface area contributed by atoms with Crippen LogP contribution in [0.3, 0.4) is 0 Å². The van der Waals surface area contributed by atoms with Crippen molar-refractivity contribution >= 4 is 15.9 Å². The van der Waals surface area contributed by atoms with E-state index >= 15 is 0 Å². The van der Waals surface area contributed by atoms with Gasteiger partial charge in [-0.2, -0.15) is 0 Å². The van der Waals surface area contributed by atoms with E-state index in [1.807, 2.05) is 24.3 Å². The Hall–Kier alpha value is -0.480. The summed E-state index contributed by atoms with van der Waals surface area (Å²) in [5.74, 6) is -2.33. The van der Waals surface area contributed by atoms with E-state index in [4.69, 9.17) is 0 Å². The number of halogens is 3. The zero-order valence-corrected chi connectivity index (χ0v) is 11.8. The molecule has 4 heteroatoms. The highest BCUT2D eigenvalue weighted by Crippen LogP contribution is 2.36. The second-order valence-corrected chi connectivity index (χ2v) is 5.99. The van der Waals surface area contributed by atoms with Crippen LogP contribution in [0.2, 0.25) is 0 Å². The minimum absolute atomic E-state index is 0.0402. The Kier molecular flexibility index (Phi) is 4.73. The summed E-state index contributed by atoms with van der Waals surface area (Å²) >= 11 is 3.42. The molecule has 0 aromatic heterocycles. The topological polar surface area (TPSA) is 12.0 Å². The van der Waals surface area contributed by atoms with Crippen molar-refractivity contribution in [3.05, 3.63) is 34.3 Å². The molecule has 100 valence electrons. The lowest BCUT2D eigenvalue weighted by molar-refractivity contribution is -0.0520. The second-order valence-electron chi connectivity index (χ2n) is 5.08. The third kappa shape index (κ3) is 4.32. The average molecular weight is 318 g/mol. The van der Waals surface area contributed by atoms with E-state index in [0.29, 0.717) is 13.0 Å². The number of nitrogens with one attached hydrogen (secondary N) is 1. The highest BCUT2D eigenvalue weighted by atomic mass is 79.9. The highest BCUT2D eigenvalue weighted by molar-refractivity contribution is 9.10. The van der Waals surface area contributed by atoms with E-state index in [-0.39, 0.29) is 18.8 Å². The number of hydrogen-bond donors (Lipinski definition) is 1. The molecule has 1 aromatic rings. The Morgan fingerprint density at radius 2 is 2.22 bits per heavy atom. The first-order chi connectivity index (χ1) is 8.55. The first-order valence-corrected chi connectivity index (χ1v) is 7.17. The summed E-state index contributed by atoms with van der Waals surface area (Å²) in [6.45, 7) is 1.42. The van der Waals surface area contributed by atoms with E-state index in [1.54, 1.807) is 0 Å². The van der Waals surface area contributed by atoms with Crippen molar-refractivity contribution < 1.29 is 8.78 Å². The molecule has 1 fully saturated rings. The second kappa shape index (κ2) is 6.11. The van der Waals surface area contributed by atoms with Gasteiger partial charge in [-0.1, -0.05) is 28.1 Å². The standard InChI is InChI=1S/C14H18BrF2N/c15-13-5-1-3-11(7-13)9-18-10-12-4-2-6-14(16,17)8-12/h1,3,5,7,12,18H,2,4,6,8-10H2. The minimum atomic E-state index is -2.44. The van der Waals surface area contributed by atoms with Crippen LogP contribution in [0.15, 0.2) is 28.7 Å². The molecule has 1 nitrogen and oxygen atoms in total. The number of hydrogen-bond acceptors (Lipinski definition) is 1. The normalized spacial score (nSPS) is 22.9. The molecule has 0 heterocycles. The third-order valence-corrected chi connectivity index (χ3v) is 3.89. The smallest absolute Gasteiger partial charge is 0.248 e.